The number of allylic oxidation sites excluding steroid dienone is 1. The van der Waals surface area contributed by atoms with E-state index in [1.807, 2.05) is 72.8 Å². The van der Waals surface area contributed by atoms with Gasteiger partial charge in [0.05, 0.1) is 44.1 Å². The fourth-order valence-corrected chi connectivity index (χ4v) is 7.40. The van der Waals surface area contributed by atoms with Gasteiger partial charge in [-0.25, -0.2) is 0 Å². The van der Waals surface area contributed by atoms with Gasteiger partial charge < -0.3 is 18.9 Å². The van der Waals surface area contributed by atoms with Crippen LogP contribution in [0.5, 0.6) is 0 Å². The van der Waals surface area contributed by atoms with E-state index in [2.05, 4.69) is 55.1 Å². The van der Waals surface area contributed by atoms with Crippen LogP contribution in [0, 0.1) is 5.92 Å². The molecule has 1 heterocycles. The summed E-state index contributed by atoms with van der Waals surface area (Å²) in [6.45, 7) is 5.57. The highest BCUT2D eigenvalue weighted by Crippen LogP contribution is 2.68. The van der Waals surface area contributed by atoms with Crippen LogP contribution in [0.1, 0.15) is 40.2 Å². The zero-order valence-corrected chi connectivity index (χ0v) is 24.8. The van der Waals surface area contributed by atoms with E-state index in [0.29, 0.717) is 32.8 Å². The number of carbonyl (C=O) groups is 1. The Labute approximate surface area is 259 Å². The Morgan fingerprint density at radius 1 is 0.705 bits per heavy atom. The summed E-state index contributed by atoms with van der Waals surface area (Å²) in [5.41, 5.74) is 4.61. The van der Waals surface area contributed by atoms with Gasteiger partial charge in [0.15, 0.2) is 5.78 Å². The molecule has 1 aliphatic heterocycles. The van der Waals surface area contributed by atoms with Crippen LogP contribution >= 0.6 is 0 Å². The molecule has 44 heavy (non-hydrogen) atoms. The van der Waals surface area contributed by atoms with E-state index < -0.39 is 17.6 Å². The zero-order chi connectivity index (χ0) is 29.9. The lowest BCUT2D eigenvalue weighted by atomic mass is 9.89. The molecule has 5 nitrogen and oxygen atoms in total. The number of hydrogen-bond donors (Lipinski definition) is 0. The maximum absolute atomic E-state index is 14.5. The number of benzene rings is 4. The molecule has 1 saturated heterocycles. The van der Waals surface area contributed by atoms with Crippen LogP contribution < -0.4 is 0 Å². The maximum Gasteiger partial charge on any atom is 0.154 e. The van der Waals surface area contributed by atoms with Crippen LogP contribution in [0.15, 0.2) is 128 Å². The summed E-state index contributed by atoms with van der Waals surface area (Å²) in [5, 5.41) is 0. The highest BCUT2D eigenvalue weighted by Gasteiger charge is 2.80. The third-order valence-electron chi connectivity index (χ3n) is 9.43. The molecular weight excluding hydrogens is 548 g/mol. The first-order valence-electron chi connectivity index (χ1n) is 15.5. The lowest BCUT2D eigenvalue weighted by molar-refractivity contribution is -0.201. The first kappa shape index (κ1) is 28.9. The summed E-state index contributed by atoms with van der Waals surface area (Å²) in [6, 6.07) is 38.7. The Hall–Kier alpha value is -3.87. The smallest absolute Gasteiger partial charge is 0.154 e. The quantitative estimate of drug-likeness (QED) is 0.168. The van der Waals surface area contributed by atoms with E-state index in [0.717, 1.165) is 27.8 Å². The normalized spacial score (nSPS) is 28.4. The molecule has 2 aliphatic carbocycles. The third-order valence-corrected chi connectivity index (χ3v) is 9.43. The SMILES string of the molecule is C=CCC1C(=O)C2(c3ccccc31)C1O[C@H](COCc3ccccc3)[C@H](OCc3ccccc3)[C@H](OCc3ccccc3)C12. The largest absolute Gasteiger partial charge is 0.374 e. The second-order valence-electron chi connectivity index (χ2n) is 12.0. The molecule has 0 radical (unpaired) electrons. The number of hydrogen-bond acceptors (Lipinski definition) is 5. The van der Waals surface area contributed by atoms with Crippen molar-refractivity contribution in [1.29, 1.82) is 0 Å². The highest BCUT2D eigenvalue weighted by atomic mass is 16.6. The molecule has 2 fully saturated rings. The molecule has 4 unspecified atom stereocenters. The van der Waals surface area contributed by atoms with Gasteiger partial charge in [-0.15, -0.1) is 6.58 Å². The predicted molar refractivity (Wildman–Crippen MR) is 169 cm³/mol. The Balaban J connectivity index is 1.23. The van der Waals surface area contributed by atoms with Gasteiger partial charge in [0, 0.05) is 11.8 Å². The molecule has 5 heteroatoms. The van der Waals surface area contributed by atoms with Crippen LogP contribution in [0.25, 0.3) is 0 Å². The van der Waals surface area contributed by atoms with Crippen molar-refractivity contribution in [2.45, 2.75) is 62.0 Å². The topological polar surface area (TPSA) is 54.0 Å². The zero-order valence-electron chi connectivity index (χ0n) is 24.8. The van der Waals surface area contributed by atoms with Crippen molar-refractivity contribution < 1.29 is 23.7 Å². The molecule has 4 aromatic carbocycles. The fourth-order valence-electron chi connectivity index (χ4n) is 7.40. The monoisotopic (exact) mass is 586 g/mol. The van der Waals surface area contributed by atoms with E-state index in [9.17, 15) is 4.79 Å². The van der Waals surface area contributed by atoms with Gasteiger partial charge in [-0.1, -0.05) is 121 Å². The third kappa shape index (κ3) is 5.24. The highest BCUT2D eigenvalue weighted by molar-refractivity contribution is 6.05. The Morgan fingerprint density at radius 3 is 1.86 bits per heavy atom. The second kappa shape index (κ2) is 12.6. The van der Waals surface area contributed by atoms with Crippen LogP contribution in [0.2, 0.25) is 0 Å². The lowest BCUT2D eigenvalue weighted by Gasteiger charge is -2.37. The van der Waals surface area contributed by atoms with E-state index in [1.165, 1.54) is 0 Å². The minimum atomic E-state index is -0.770. The Kier molecular flexibility index (Phi) is 8.28. The minimum Gasteiger partial charge on any atom is -0.374 e. The number of ketones is 1. The second-order valence-corrected chi connectivity index (χ2v) is 12.0. The number of rotatable bonds is 12. The van der Waals surface area contributed by atoms with Gasteiger partial charge in [-0.2, -0.15) is 0 Å². The first-order valence-corrected chi connectivity index (χ1v) is 15.5. The molecular formula is C39H38O5. The molecule has 7 rings (SSSR count). The number of ether oxygens (including phenoxy) is 4. The van der Waals surface area contributed by atoms with Crippen LogP contribution in [0.3, 0.4) is 0 Å². The van der Waals surface area contributed by atoms with Gasteiger partial charge in [0.25, 0.3) is 0 Å². The summed E-state index contributed by atoms with van der Waals surface area (Å²) >= 11 is 0. The van der Waals surface area contributed by atoms with Crippen LogP contribution in [0.4, 0.5) is 0 Å². The van der Waals surface area contributed by atoms with Gasteiger partial charge in [0.2, 0.25) is 0 Å². The molecule has 1 saturated carbocycles. The van der Waals surface area contributed by atoms with Crippen LogP contribution in [-0.2, 0) is 49.0 Å². The number of Topliss-reactive ketones (excluding diaryl/α,β-unsaturated/α-hetero) is 1. The Bertz CT molecular complexity index is 1570. The van der Waals surface area contributed by atoms with Crippen molar-refractivity contribution in [3.8, 4) is 0 Å². The predicted octanol–water partition coefficient (Wildman–Crippen LogP) is 6.95. The molecule has 224 valence electrons. The maximum atomic E-state index is 14.5. The molecule has 3 aliphatic rings. The summed E-state index contributed by atoms with van der Waals surface area (Å²) in [4.78, 5) is 14.5. The van der Waals surface area contributed by atoms with Crippen molar-refractivity contribution in [2.24, 2.45) is 5.92 Å². The lowest BCUT2D eigenvalue weighted by Crippen LogP contribution is -2.50. The van der Waals surface area contributed by atoms with Crippen molar-refractivity contribution in [2.75, 3.05) is 6.61 Å². The van der Waals surface area contributed by atoms with E-state index in [4.69, 9.17) is 18.9 Å². The standard InChI is InChI=1S/C39H38O5/c1-2-14-31-30-21-12-13-22-32(30)39(37(31)40)34-36(43-25-29-19-10-5-11-20-29)35(42-24-28-17-8-4-9-18-28)33(44-38(34)39)26-41-23-27-15-6-3-7-16-27/h2-13,15-22,31,33-36,38H,1,14,23-26H2/t31?,33-,34?,35+,36-,38?,39?/m1/s1. The van der Waals surface area contributed by atoms with Crippen molar-refractivity contribution in [1.82, 2.24) is 0 Å². The van der Waals surface area contributed by atoms with E-state index >= 15 is 0 Å². The minimum absolute atomic E-state index is 0.166. The fraction of sp³-hybridized carbons (Fsp3) is 0.308. The van der Waals surface area contributed by atoms with Crippen molar-refractivity contribution >= 4 is 5.78 Å². The average Bonchev–Trinajstić information content (AvgIpc) is 3.68. The first-order chi connectivity index (χ1) is 21.7. The van der Waals surface area contributed by atoms with E-state index in [-0.39, 0.29) is 29.8 Å². The molecule has 0 amide bonds. The van der Waals surface area contributed by atoms with Crippen LogP contribution in [-0.4, -0.2) is 36.8 Å². The summed E-state index contributed by atoms with van der Waals surface area (Å²) in [6.07, 6.45) is 0.914. The molecule has 7 atom stereocenters. The summed E-state index contributed by atoms with van der Waals surface area (Å²) in [5.74, 6) is -0.195. The van der Waals surface area contributed by atoms with Gasteiger partial charge in [0.1, 0.15) is 12.2 Å². The molecule has 0 aromatic heterocycles. The van der Waals surface area contributed by atoms with E-state index in [1.54, 1.807) is 0 Å². The summed E-state index contributed by atoms with van der Waals surface area (Å²) in [7, 11) is 0. The van der Waals surface area contributed by atoms with Gasteiger partial charge >= 0.3 is 0 Å². The molecule has 0 bridgehead atoms. The molecule has 0 N–H and O–H groups in total. The van der Waals surface area contributed by atoms with Crippen molar-refractivity contribution in [3.63, 3.8) is 0 Å². The molecule has 4 aromatic rings. The van der Waals surface area contributed by atoms with Gasteiger partial charge in [-0.05, 0) is 34.2 Å². The Morgan fingerprint density at radius 2 is 1.25 bits per heavy atom. The number of fused-ring (bicyclic) bond motifs is 5. The summed E-state index contributed by atoms with van der Waals surface area (Å²) < 4.78 is 26.7. The van der Waals surface area contributed by atoms with Gasteiger partial charge in [-0.3, -0.25) is 4.79 Å². The number of carbonyl (C=O) groups excluding carboxylic acids is 1. The average molecular weight is 587 g/mol. The van der Waals surface area contributed by atoms with Crippen molar-refractivity contribution in [3.05, 3.63) is 156 Å². The molecule has 1 spiro atoms.